The Labute approximate surface area is 187 Å². The summed E-state index contributed by atoms with van der Waals surface area (Å²) >= 11 is 0. The van der Waals surface area contributed by atoms with Gasteiger partial charge in [-0.25, -0.2) is 14.8 Å². The van der Waals surface area contributed by atoms with Gasteiger partial charge in [-0.1, -0.05) is 66.7 Å². The van der Waals surface area contributed by atoms with Gasteiger partial charge in [-0.2, -0.15) is 0 Å². The van der Waals surface area contributed by atoms with Crippen molar-refractivity contribution in [3.63, 3.8) is 0 Å². The van der Waals surface area contributed by atoms with E-state index < -0.39 is 0 Å². The number of benzene rings is 5. The van der Waals surface area contributed by atoms with Gasteiger partial charge in [-0.3, -0.25) is 0 Å². The summed E-state index contributed by atoms with van der Waals surface area (Å²) in [5.74, 6) is 0. The second-order valence-electron chi connectivity index (χ2n) is 8.07. The van der Waals surface area contributed by atoms with Crippen LogP contribution in [0.3, 0.4) is 0 Å². The van der Waals surface area contributed by atoms with E-state index in [2.05, 4.69) is 12.1 Å². The summed E-state index contributed by atoms with van der Waals surface area (Å²) in [6, 6.07) is 32.9. The first-order valence-electron chi connectivity index (χ1n) is 10.7. The molecule has 0 atom stereocenters. The number of nitrogens with zero attached hydrogens (tertiary/aromatic N) is 2. The summed E-state index contributed by atoms with van der Waals surface area (Å²) in [7, 11) is 0. The molecule has 0 unspecified atom stereocenters. The lowest BCUT2D eigenvalue weighted by atomic mass is 9.94. The molecule has 2 heterocycles. The van der Waals surface area contributed by atoms with E-state index in [1.54, 1.807) is 6.07 Å². The van der Waals surface area contributed by atoms with Crippen LogP contribution >= 0.6 is 0 Å². The van der Waals surface area contributed by atoms with Crippen LogP contribution in [0, 0.1) is 6.07 Å². The van der Waals surface area contributed by atoms with Gasteiger partial charge in [-0.05, 0) is 35.2 Å². The third-order valence-corrected chi connectivity index (χ3v) is 6.16. The highest BCUT2D eigenvalue weighted by molar-refractivity contribution is 6.18. The molecular weight excluding hydrogens is 408 g/mol. The molecule has 0 saturated carbocycles. The fraction of sp³-hybridized carbons (Fsp3) is 0. The molecule has 0 spiro atoms. The SMILES string of the molecule is O=c1oc2cccc(-c3[c]c4ccccc4c4nc5ccccc5nc34)c2c2ccccc12. The van der Waals surface area contributed by atoms with Crippen molar-refractivity contribution in [1.29, 1.82) is 0 Å². The smallest absolute Gasteiger partial charge is 0.344 e. The van der Waals surface area contributed by atoms with Crippen LogP contribution in [0.2, 0.25) is 0 Å². The molecule has 5 aromatic carbocycles. The first-order valence-corrected chi connectivity index (χ1v) is 10.7. The largest absolute Gasteiger partial charge is 0.422 e. The summed E-state index contributed by atoms with van der Waals surface area (Å²) in [4.78, 5) is 22.6. The van der Waals surface area contributed by atoms with Gasteiger partial charge >= 0.3 is 5.63 Å². The van der Waals surface area contributed by atoms with Gasteiger partial charge in [0.25, 0.3) is 0 Å². The normalized spacial score (nSPS) is 11.8. The van der Waals surface area contributed by atoms with E-state index in [9.17, 15) is 4.79 Å². The number of hydrogen-bond donors (Lipinski definition) is 0. The fourth-order valence-corrected chi connectivity index (χ4v) is 4.69. The minimum Gasteiger partial charge on any atom is -0.422 e. The summed E-state index contributed by atoms with van der Waals surface area (Å²) in [6.07, 6.45) is 0. The van der Waals surface area contributed by atoms with Crippen LogP contribution in [0.5, 0.6) is 0 Å². The topological polar surface area (TPSA) is 56.0 Å². The molecule has 0 N–H and O–H groups in total. The molecule has 153 valence electrons. The van der Waals surface area contributed by atoms with Gasteiger partial charge in [-0.15, -0.1) is 0 Å². The zero-order chi connectivity index (χ0) is 21.9. The van der Waals surface area contributed by atoms with Crippen molar-refractivity contribution in [2.45, 2.75) is 0 Å². The van der Waals surface area contributed by atoms with Crippen LogP contribution in [-0.4, -0.2) is 9.97 Å². The molecule has 0 aliphatic heterocycles. The van der Waals surface area contributed by atoms with Gasteiger partial charge in [0.05, 0.1) is 27.5 Å². The summed E-state index contributed by atoms with van der Waals surface area (Å²) < 4.78 is 5.70. The summed E-state index contributed by atoms with van der Waals surface area (Å²) in [5.41, 5.74) is 5.23. The van der Waals surface area contributed by atoms with Crippen molar-refractivity contribution in [2.75, 3.05) is 0 Å². The Bertz CT molecular complexity index is 1950. The molecule has 1 radical (unpaired) electrons. The van der Waals surface area contributed by atoms with Crippen molar-refractivity contribution in [2.24, 2.45) is 0 Å². The number of hydrogen-bond acceptors (Lipinski definition) is 4. The van der Waals surface area contributed by atoms with Gasteiger partial charge in [0.2, 0.25) is 0 Å². The Morgan fingerprint density at radius 2 is 1.30 bits per heavy atom. The van der Waals surface area contributed by atoms with Gasteiger partial charge in [0.1, 0.15) is 5.58 Å². The van der Waals surface area contributed by atoms with E-state index in [0.29, 0.717) is 11.0 Å². The maximum atomic E-state index is 12.6. The molecule has 0 fully saturated rings. The van der Waals surface area contributed by atoms with Crippen LogP contribution in [-0.2, 0) is 0 Å². The molecule has 7 aromatic rings. The average molecular weight is 423 g/mol. The average Bonchev–Trinajstić information content (AvgIpc) is 2.87. The molecule has 0 amide bonds. The van der Waals surface area contributed by atoms with Crippen LogP contribution < -0.4 is 5.63 Å². The standard InChI is InChI=1S/C29H15N2O2/c32-29-21-11-4-3-10-19(21)26-20(12-7-15-25(26)33-29)22-16-17-8-1-2-9-18(17)27-28(22)31-24-14-6-5-13-23(24)30-27/h1-15H. The van der Waals surface area contributed by atoms with Gasteiger partial charge in [0, 0.05) is 27.8 Å². The molecule has 33 heavy (non-hydrogen) atoms. The Kier molecular flexibility index (Phi) is 3.67. The zero-order valence-electron chi connectivity index (χ0n) is 17.4. The first kappa shape index (κ1) is 18.0. The number of rotatable bonds is 1. The molecule has 0 aliphatic carbocycles. The second-order valence-corrected chi connectivity index (χ2v) is 8.07. The molecular formula is C29H15N2O2. The van der Waals surface area contributed by atoms with E-state index in [1.165, 1.54) is 0 Å². The van der Waals surface area contributed by atoms with Crippen molar-refractivity contribution in [3.05, 3.63) is 107 Å². The minimum atomic E-state index is -0.339. The third kappa shape index (κ3) is 2.61. The van der Waals surface area contributed by atoms with Gasteiger partial charge in [0.15, 0.2) is 0 Å². The molecule has 0 aliphatic rings. The first-order chi connectivity index (χ1) is 16.3. The molecule has 0 bridgehead atoms. The third-order valence-electron chi connectivity index (χ3n) is 6.16. The highest BCUT2D eigenvalue weighted by atomic mass is 16.4. The molecule has 7 rings (SSSR count). The van der Waals surface area contributed by atoms with E-state index in [-0.39, 0.29) is 5.63 Å². The highest BCUT2D eigenvalue weighted by Gasteiger charge is 2.17. The summed E-state index contributed by atoms with van der Waals surface area (Å²) in [6.45, 7) is 0. The van der Waals surface area contributed by atoms with Crippen molar-refractivity contribution in [1.82, 2.24) is 9.97 Å². The van der Waals surface area contributed by atoms with Gasteiger partial charge < -0.3 is 4.42 Å². The van der Waals surface area contributed by atoms with Crippen LogP contribution in [0.1, 0.15) is 0 Å². The monoisotopic (exact) mass is 423 g/mol. The van der Waals surface area contributed by atoms with Crippen molar-refractivity contribution >= 4 is 54.6 Å². The van der Waals surface area contributed by atoms with E-state index >= 15 is 0 Å². The van der Waals surface area contributed by atoms with Crippen molar-refractivity contribution < 1.29 is 4.42 Å². The predicted molar refractivity (Wildman–Crippen MR) is 132 cm³/mol. The molecule has 2 aromatic heterocycles. The van der Waals surface area contributed by atoms with Crippen LogP contribution in [0.25, 0.3) is 65.7 Å². The Hall–Kier alpha value is -4.57. The Balaban J connectivity index is 1.72. The van der Waals surface area contributed by atoms with Crippen LogP contribution in [0.4, 0.5) is 0 Å². The number of aromatic nitrogens is 2. The lowest BCUT2D eigenvalue weighted by Gasteiger charge is -2.13. The quantitative estimate of drug-likeness (QED) is 0.168. The molecule has 0 saturated heterocycles. The Morgan fingerprint density at radius 1 is 0.636 bits per heavy atom. The fourth-order valence-electron chi connectivity index (χ4n) is 4.69. The second kappa shape index (κ2) is 6.71. The lowest BCUT2D eigenvalue weighted by molar-refractivity contribution is 0.570. The van der Waals surface area contributed by atoms with E-state index in [1.807, 2.05) is 78.9 Å². The van der Waals surface area contributed by atoms with Crippen LogP contribution in [0.15, 0.2) is 100 Å². The molecule has 4 nitrogen and oxygen atoms in total. The lowest BCUT2D eigenvalue weighted by Crippen LogP contribution is -2.00. The minimum absolute atomic E-state index is 0.339. The van der Waals surface area contributed by atoms with Crippen molar-refractivity contribution in [3.8, 4) is 11.1 Å². The van der Waals surface area contributed by atoms with E-state index in [0.717, 1.165) is 54.7 Å². The zero-order valence-corrected chi connectivity index (χ0v) is 17.4. The number of para-hydroxylation sites is 2. The predicted octanol–water partition coefficient (Wildman–Crippen LogP) is 6.66. The highest BCUT2D eigenvalue weighted by Crippen LogP contribution is 2.38. The molecule has 4 heteroatoms. The number of fused-ring (bicyclic) bond motifs is 7. The van der Waals surface area contributed by atoms with E-state index in [4.69, 9.17) is 14.4 Å². The maximum Gasteiger partial charge on any atom is 0.344 e. The Morgan fingerprint density at radius 3 is 2.12 bits per heavy atom. The summed E-state index contributed by atoms with van der Waals surface area (Å²) in [5, 5.41) is 4.24. The maximum absolute atomic E-state index is 12.6.